The third-order valence-electron chi connectivity index (χ3n) is 2.24. The molecule has 92 valence electrons. The summed E-state index contributed by atoms with van der Waals surface area (Å²) >= 11 is 9.15. The molecule has 0 bridgehead atoms. The van der Waals surface area contributed by atoms with Gasteiger partial charge < -0.3 is 11.1 Å². The second kappa shape index (κ2) is 5.37. The van der Waals surface area contributed by atoms with Crippen LogP contribution in [-0.4, -0.2) is 10.9 Å². The molecule has 2 rings (SSSR count). The Morgan fingerprint density at radius 3 is 2.89 bits per heavy atom. The van der Waals surface area contributed by atoms with Crippen LogP contribution in [0, 0.1) is 0 Å². The van der Waals surface area contributed by atoms with E-state index in [4.69, 9.17) is 17.3 Å². The molecule has 1 aromatic carbocycles. The van der Waals surface area contributed by atoms with Gasteiger partial charge in [-0.05, 0) is 46.3 Å². The van der Waals surface area contributed by atoms with E-state index in [1.165, 1.54) is 0 Å². The van der Waals surface area contributed by atoms with Gasteiger partial charge >= 0.3 is 0 Å². The number of amides is 1. The van der Waals surface area contributed by atoms with Crippen LogP contribution >= 0.6 is 27.5 Å². The summed E-state index contributed by atoms with van der Waals surface area (Å²) in [5.41, 5.74) is 6.53. The van der Waals surface area contributed by atoms with Crippen LogP contribution in [0.5, 0.6) is 0 Å². The average molecular weight is 327 g/mol. The maximum atomic E-state index is 12.0. The first-order valence-electron chi connectivity index (χ1n) is 5.05. The van der Waals surface area contributed by atoms with Gasteiger partial charge in [0, 0.05) is 15.7 Å². The fraction of sp³-hybridized carbons (Fsp3) is 0. The third-order valence-corrected chi connectivity index (χ3v) is 3.17. The highest BCUT2D eigenvalue weighted by atomic mass is 79.9. The molecule has 2 aromatic rings. The van der Waals surface area contributed by atoms with Gasteiger partial charge in [0.1, 0.15) is 0 Å². The number of pyridine rings is 1. The van der Waals surface area contributed by atoms with Gasteiger partial charge in [-0.3, -0.25) is 4.79 Å². The smallest absolute Gasteiger partial charge is 0.258 e. The Kier molecular flexibility index (Phi) is 3.84. The Morgan fingerprint density at radius 1 is 1.39 bits per heavy atom. The first-order valence-corrected chi connectivity index (χ1v) is 6.22. The van der Waals surface area contributed by atoms with Crippen molar-refractivity contribution in [2.75, 3.05) is 11.1 Å². The molecule has 0 unspecified atom stereocenters. The zero-order chi connectivity index (χ0) is 13.1. The highest BCUT2D eigenvalue weighted by Crippen LogP contribution is 2.23. The van der Waals surface area contributed by atoms with Gasteiger partial charge in [0.2, 0.25) is 0 Å². The van der Waals surface area contributed by atoms with E-state index in [0.717, 1.165) is 0 Å². The quantitative estimate of drug-likeness (QED) is 0.889. The average Bonchev–Trinajstić information content (AvgIpc) is 2.35. The molecule has 1 heterocycles. The number of nitrogen functional groups attached to an aromatic ring is 1. The number of nitrogens with one attached hydrogen (secondary N) is 1. The molecule has 0 saturated carbocycles. The Bertz CT molecular complexity index is 604. The summed E-state index contributed by atoms with van der Waals surface area (Å²) in [5.74, 6) is 0.00384. The standard InChI is InChI=1S/C12H9BrClN3O/c13-9-4-3-7(14)6-8(9)12(18)17-11-10(15)2-1-5-16-11/h1-6H,15H2,(H,16,17,18). The van der Waals surface area contributed by atoms with Gasteiger partial charge in [-0.25, -0.2) is 4.98 Å². The van der Waals surface area contributed by atoms with Gasteiger partial charge in [0.05, 0.1) is 11.3 Å². The summed E-state index contributed by atoms with van der Waals surface area (Å²) in [5, 5.41) is 3.11. The number of benzene rings is 1. The van der Waals surface area contributed by atoms with Gasteiger partial charge in [-0.2, -0.15) is 0 Å². The fourth-order valence-electron chi connectivity index (χ4n) is 1.37. The van der Waals surface area contributed by atoms with Crippen LogP contribution in [0.4, 0.5) is 11.5 Å². The van der Waals surface area contributed by atoms with Gasteiger partial charge in [-0.15, -0.1) is 0 Å². The van der Waals surface area contributed by atoms with Crippen molar-refractivity contribution in [3.63, 3.8) is 0 Å². The SMILES string of the molecule is Nc1cccnc1NC(=O)c1cc(Cl)ccc1Br. The lowest BCUT2D eigenvalue weighted by atomic mass is 10.2. The van der Waals surface area contributed by atoms with Crippen LogP contribution in [0.15, 0.2) is 41.0 Å². The van der Waals surface area contributed by atoms with Gasteiger partial charge in [-0.1, -0.05) is 11.6 Å². The molecule has 18 heavy (non-hydrogen) atoms. The minimum absolute atomic E-state index is 0.324. The predicted molar refractivity (Wildman–Crippen MR) is 75.8 cm³/mol. The number of carbonyl (C=O) groups excluding carboxylic acids is 1. The van der Waals surface area contributed by atoms with Crippen LogP contribution < -0.4 is 11.1 Å². The summed E-state index contributed by atoms with van der Waals surface area (Å²) in [4.78, 5) is 16.0. The number of halogens is 2. The molecule has 1 aromatic heterocycles. The number of nitrogens with two attached hydrogens (primary N) is 1. The van der Waals surface area contributed by atoms with E-state index in [-0.39, 0.29) is 5.91 Å². The largest absolute Gasteiger partial charge is 0.396 e. The first-order chi connectivity index (χ1) is 8.58. The van der Waals surface area contributed by atoms with Crippen molar-refractivity contribution in [1.82, 2.24) is 4.98 Å². The topological polar surface area (TPSA) is 68.0 Å². The Morgan fingerprint density at radius 2 is 2.17 bits per heavy atom. The molecule has 0 saturated heterocycles. The van der Waals surface area contributed by atoms with Crippen molar-refractivity contribution in [3.8, 4) is 0 Å². The zero-order valence-corrected chi connectivity index (χ0v) is 11.5. The van der Waals surface area contributed by atoms with Crippen LogP contribution in [0.25, 0.3) is 0 Å². The molecule has 0 aliphatic carbocycles. The van der Waals surface area contributed by atoms with E-state index in [9.17, 15) is 4.79 Å². The maximum absolute atomic E-state index is 12.0. The number of carbonyl (C=O) groups is 1. The van der Waals surface area contributed by atoms with Crippen LogP contribution in [-0.2, 0) is 0 Å². The summed E-state index contributed by atoms with van der Waals surface area (Å²) in [6, 6.07) is 8.33. The predicted octanol–water partition coefficient (Wildman–Crippen LogP) is 3.33. The molecule has 0 radical (unpaired) electrons. The molecular weight excluding hydrogens is 318 g/mol. The van der Waals surface area contributed by atoms with Crippen molar-refractivity contribution in [1.29, 1.82) is 0 Å². The molecular formula is C12H9BrClN3O. The molecule has 6 heteroatoms. The van der Waals surface area contributed by atoms with Crippen molar-refractivity contribution in [2.24, 2.45) is 0 Å². The lowest BCUT2D eigenvalue weighted by molar-refractivity contribution is 0.102. The molecule has 0 fully saturated rings. The highest BCUT2D eigenvalue weighted by molar-refractivity contribution is 9.10. The summed E-state index contributed by atoms with van der Waals surface area (Å²) in [6.07, 6.45) is 1.55. The van der Waals surface area contributed by atoms with E-state index >= 15 is 0 Å². The Hall–Kier alpha value is -1.59. The van der Waals surface area contributed by atoms with E-state index < -0.39 is 0 Å². The summed E-state index contributed by atoms with van der Waals surface area (Å²) < 4.78 is 0.652. The van der Waals surface area contributed by atoms with E-state index in [1.54, 1.807) is 36.5 Å². The second-order valence-electron chi connectivity index (χ2n) is 3.52. The zero-order valence-electron chi connectivity index (χ0n) is 9.15. The Labute approximate surface area is 117 Å². The normalized spacial score (nSPS) is 10.1. The molecule has 1 amide bonds. The summed E-state index contributed by atoms with van der Waals surface area (Å²) in [7, 11) is 0. The van der Waals surface area contributed by atoms with Crippen molar-refractivity contribution in [3.05, 3.63) is 51.6 Å². The molecule has 0 aliphatic heterocycles. The number of hydrogen-bond donors (Lipinski definition) is 2. The number of rotatable bonds is 2. The minimum atomic E-state index is -0.324. The molecule has 0 spiro atoms. The van der Waals surface area contributed by atoms with Crippen LogP contribution in [0.2, 0.25) is 5.02 Å². The number of nitrogens with zero attached hydrogens (tertiary/aromatic N) is 1. The monoisotopic (exact) mass is 325 g/mol. The van der Waals surface area contributed by atoms with Gasteiger partial charge in [0.15, 0.2) is 5.82 Å². The lowest BCUT2D eigenvalue weighted by Gasteiger charge is -2.08. The van der Waals surface area contributed by atoms with Crippen molar-refractivity contribution < 1.29 is 4.79 Å². The number of anilines is 2. The summed E-state index contributed by atoms with van der Waals surface area (Å²) in [6.45, 7) is 0. The molecule has 3 N–H and O–H groups in total. The van der Waals surface area contributed by atoms with E-state index in [1.807, 2.05) is 0 Å². The first kappa shape index (κ1) is 12.9. The van der Waals surface area contributed by atoms with Crippen LogP contribution in [0.3, 0.4) is 0 Å². The van der Waals surface area contributed by atoms with E-state index in [2.05, 4.69) is 26.2 Å². The second-order valence-corrected chi connectivity index (χ2v) is 4.81. The molecule has 0 aliphatic rings. The van der Waals surface area contributed by atoms with Crippen LogP contribution in [0.1, 0.15) is 10.4 Å². The third kappa shape index (κ3) is 2.80. The fourth-order valence-corrected chi connectivity index (χ4v) is 1.97. The van der Waals surface area contributed by atoms with Gasteiger partial charge in [0.25, 0.3) is 5.91 Å². The number of hydrogen-bond acceptors (Lipinski definition) is 3. The minimum Gasteiger partial charge on any atom is -0.396 e. The highest BCUT2D eigenvalue weighted by Gasteiger charge is 2.12. The maximum Gasteiger partial charge on any atom is 0.258 e. The van der Waals surface area contributed by atoms with Crippen molar-refractivity contribution in [2.45, 2.75) is 0 Å². The van der Waals surface area contributed by atoms with Crippen molar-refractivity contribution >= 4 is 44.9 Å². The van der Waals surface area contributed by atoms with E-state index in [0.29, 0.717) is 26.6 Å². The Balaban J connectivity index is 2.28. The molecule has 4 nitrogen and oxygen atoms in total. The number of aromatic nitrogens is 1. The lowest BCUT2D eigenvalue weighted by Crippen LogP contribution is -2.14. The molecule has 0 atom stereocenters.